The molecule has 0 unspecified atom stereocenters. The van der Waals surface area contributed by atoms with E-state index in [4.69, 9.17) is 26.1 Å². The minimum absolute atomic E-state index is 0.0170. The number of amides is 2. The number of pyridine rings is 1. The first kappa shape index (κ1) is 31.2. The molecule has 3 aliphatic rings. The normalized spacial score (nSPS) is 21.9. The molecule has 1 aromatic heterocycles. The van der Waals surface area contributed by atoms with Crippen molar-refractivity contribution in [1.82, 2.24) is 15.2 Å². The molecule has 1 aliphatic carbocycles. The Morgan fingerprint density at radius 3 is 2.42 bits per heavy atom. The number of halogens is 1. The number of fused-ring (bicyclic) bond motifs is 1. The predicted molar refractivity (Wildman–Crippen MR) is 176 cm³/mol. The maximum Gasteiger partial charge on any atom is 0.235 e. The first-order valence-corrected chi connectivity index (χ1v) is 16.2. The first-order valence-electron chi connectivity index (χ1n) is 15.8. The van der Waals surface area contributed by atoms with Crippen molar-refractivity contribution in [1.29, 1.82) is 0 Å². The maximum absolute atomic E-state index is 13.9. The molecule has 0 bridgehead atoms. The number of carbonyl (C=O) groups excluding carboxylic acids is 2. The summed E-state index contributed by atoms with van der Waals surface area (Å²) in [4.78, 5) is 36.6. The van der Waals surface area contributed by atoms with E-state index in [1.807, 2.05) is 67.3 Å². The number of nitrogens with zero attached hydrogens (tertiary/aromatic N) is 4. The number of methoxy groups -OCH3 is 1. The predicted octanol–water partition coefficient (Wildman–Crippen LogP) is 5.59. The molecule has 1 saturated heterocycles. The number of rotatable bonds is 9. The summed E-state index contributed by atoms with van der Waals surface area (Å²) in [7, 11) is 3.70. The summed E-state index contributed by atoms with van der Waals surface area (Å²) in [5, 5.41) is 3.56. The van der Waals surface area contributed by atoms with Crippen LogP contribution in [-0.4, -0.2) is 67.8 Å². The number of anilines is 2. The van der Waals surface area contributed by atoms with Crippen LogP contribution in [0.2, 0.25) is 5.02 Å². The third-order valence-corrected chi connectivity index (χ3v) is 9.48. The van der Waals surface area contributed by atoms with Crippen LogP contribution >= 0.6 is 11.6 Å². The SMILES string of the molecule is COc1cc2c(cc1OC(C)C)[C@H](c1ccc(Cl)cc1)N(c1ccc(N(C)CC3CCC(N4CNC(=O)C4)CC3)nc1)C(=O)C2. The quantitative estimate of drug-likeness (QED) is 0.329. The van der Waals surface area contributed by atoms with Crippen LogP contribution in [0.15, 0.2) is 54.7 Å². The van der Waals surface area contributed by atoms with E-state index in [1.165, 1.54) is 0 Å². The van der Waals surface area contributed by atoms with Crippen molar-refractivity contribution in [3.63, 3.8) is 0 Å². The fourth-order valence-corrected chi connectivity index (χ4v) is 7.12. The summed E-state index contributed by atoms with van der Waals surface area (Å²) in [5.74, 6) is 2.83. The van der Waals surface area contributed by atoms with E-state index in [0.29, 0.717) is 41.7 Å². The van der Waals surface area contributed by atoms with Gasteiger partial charge in [-0.1, -0.05) is 23.7 Å². The summed E-state index contributed by atoms with van der Waals surface area (Å²) >= 11 is 6.27. The molecule has 0 radical (unpaired) electrons. The molecule has 238 valence electrons. The van der Waals surface area contributed by atoms with E-state index >= 15 is 0 Å². The van der Waals surface area contributed by atoms with Crippen LogP contribution in [-0.2, 0) is 16.0 Å². The number of ether oxygens (including phenoxy) is 2. The molecule has 2 aliphatic heterocycles. The van der Waals surface area contributed by atoms with Gasteiger partial charge in [-0.3, -0.25) is 19.4 Å². The molecule has 2 amide bonds. The third-order valence-electron chi connectivity index (χ3n) is 9.23. The zero-order valence-corrected chi connectivity index (χ0v) is 27.2. The Hall–Kier alpha value is -3.82. The summed E-state index contributed by atoms with van der Waals surface area (Å²) in [6.07, 6.45) is 6.50. The topological polar surface area (TPSA) is 87.2 Å². The van der Waals surface area contributed by atoms with Crippen LogP contribution in [0.5, 0.6) is 11.5 Å². The van der Waals surface area contributed by atoms with Crippen molar-refractivity contribution in [3.8, 4) is 11.5 Å². The minimum Gasteiger partial charge on any atom is -0.493 e. The standard InChI is InChI=1S/C35H42ClN5O4/c1-22(2)45-31-17-29-25(15-30(31)44-4)16-34(43)41(35(29)24-7-9-26(36)10-8-24)28-13-14-32(37-18-28)39(3)19-23-5-11-27(12-6-23)40-20-33(42)38-21-40/h7-10,13-15,17-18,22-23,27,35H,5-6,11-12,16,19-21H2,1-4H3,(H,38,42)/t23?,27?,35-/m0/s1. The molecule has 3 aromatic rings. The smallest absolute Gasteiger partial charge is 0.235 e. The number of benzene rings is 2. The lowest BCUT2D eigenvalue weighted by Gasteiger charge is -2.38. The molecule has 2 aromatic carbocycles. The van der Waals surface area contributed by atoms with Crippen molar-refractivity contribution in [3.05, 3.63) is 76.4 Å². The Morgan fingerprint density at radius 1 is 1.04 bits per heavy atom. The van der Waals surface area contributed by atoms with Crippen LogP contribution in [0, 0.1) is 5.92 Å². The van der Waals surface area contributed by atoms with Gasteiger partial charge in [-0.25, -0.2) is 4.98 Å². The number of hydrogen-bond donors (Lipinski definition) is 1. The van der Waals surface area contributed by atoms with Gasteiger partial charge >= 0.3 is 0 Å². The Balaban J connectivity index is 1.22. The highest BCUT2D eigenvalue weighted by molar-refractivity contribution is 6.30. The summed E-state index contributed by atoms with van der Waals surface area (Å²) in [6.45, 7) is 6.08. The third kappa shape index (κ3) is 6.75. The van der Waals surface area contributed by atoms with Gasteiger partial charge in [-0.05, 0) is 98.5 Å². The van der Waals surface area contributed by atoms with Crippen LogP contribution in [0.4, 0.5) is 11.5 Å². The second-order valence-electron chi connectivity index (χ2n) is 12.7. The molecule has 3 heterocycles. The van der Waals surface area contributed by atoms with Gasteiger partial charge in [0, 0.05) is 24.7 Å². The molecule has 1 N–H and O–H groups in total. The lowest BCUT2D eigenvalue weighted by Crippen LogP contribution is -2.41. The van der Waals surface area contributed by atoms with Gasteiger partial charge in [-0.15, -0.1) is 0 Å². The van der Waals surface area contributed by atoms with Crippen molar-refractivity contribution in [2.75, 3.05) is 43.7 Å². The molecule has 45 heavy (non-hydrogen) atoms. The van der Waals surface area contributed by atoms with Gasteiger partial charge in [0.2, 0.25) is 11.8 Å². The average molecular weight is 632 g/mol. The fourth-order valence-electron chi connectivity index (χ4n) is 6.99. The Labute approximate surface area is 270 Å². The first-order chi connectivity index (χ1) is 21.7. The zero-order valence-electron chi connectivity index (χ0n) is 26.5. The van der Waals surface area contributed by atoms with E-state index in [0.717, 1.165) is 60.4 Å². The van der Waals surface area contributed by atoms with Crippen molar-refractivity contribution in [2.24, 2.45) is 5.92 Å². The zero-order chi connectivity index (χ0) is 31.7. The van der Waals surface area contributed by atoms with E-state index in [-0.39, 0.29) is 30.4 Å². The fraction of sp³-hybridized carbons (Fsp3) is 0.457. The molecule has 10 heteroatoms. The highest BCUT2D eigenvalue weighted by Gasteiger charge is 2.36. The van der Waals surface area contributed by atoms with Gasteiger partial charge in [-0.2, -0.15) is 0 Å². The molecule has 6 rings (SSSR count). The van der Waals surface area contributed by atoms with Crippen LogP contribution in [0.3, 0.4) is 0 Å². The summed E-state index contributed by atoms with van der Waals surface area (Å²) in [6, 6.07) is 15.7. The van der Waals surface area contributed by atoms with E-state index in [2.05, 4.69) is 22.2 Å². The van der Waals surface area contributed by atoms with Gasteiger partial charge < -0.3 is 19.7 Å². The second-order valence-corrected chi connectivity index (χ2v) is 13.1. The number of carbonyl (C=O) groups is 2. The van der Waals surface area contributed by atoms with Gasteiger partial charge in [0.25, 0.3) is 0 Å². The Morgan fingerprint density at radius 2 is 1.80 bits per heavy atom. The molecule has 9 nitrogen and oxygen atoms in total. The number of nitrogens with one attached hydrogen (secondary N) is 1. The summed E-state index contributed by atoms with van der Waals surface area (Å²) in [5.41, 5.74) is 3.58. The molecular formula is C35H42ClN5O4. The van der Waals surface area contributed by atoms with Crippen molar-refractivity contribution < 1.29 is 19.1 Å². The average Bonchev–Trinajstić information content (AvgIpc) is 3.47. The van der Waals surface area contributed by atoms with Crippen LogP contribution in [0.25, 0.3) is 0 Å². The molecular weight excluding hydrogens is 590 g/mol. The minimum atomic E-state index is -0.388. The van der Waals surface area contributed by atoms with Gasteiger partial charge in [0.1, 0.15) is 5.82 Å². The molecule has 1 atom stereocenters. The van der Waals surface area contributed by atoms with E-state index in [9.17, 15) is 9.59 Å². The highest BCUT2D eigenvalue weighted by Crippen LogP contribution is 2.44. The van der Waals surface area contributed by atoms with Crippen molar-refractivity contribution in [2.45, 2.75) is 64.1 Å². The number of hydrogen-bond acceptors (Lipinski definition) is 7. The Bertz CT molecular complexity index is 1520. The monoisotopic (exact) mass is 631 g/mol. The van der Waals surface area contributed by atoms with Gasteiger partial charge in [0.05, 0.1) is 50.8 Å². The number of aromatic nitrogens is 1. The van der Waals surface area contributed by atoms with E-state index in [1.54, 1.807) is 13.3 Å². The summed E-state index contributed by atoms with van der Waals surface area (Å²) < 4.78 is 11.8. The maximum atomic E-state index is 13.9. The lowest BCUT2D eigenvalue weighted by molar-refractivity contribution is -0.119. The van der Waals surface area contributed by atoms with Crippen LogP contribution in [0.1, 0.15) is 62.3 Å². The second kappa shape index (κ2) is 13.3. The lowest BCUT2D eigenvalue weighted by atomic mass is 9.85. The Kier molecular flexibility index (Phi) is 9.19. The van der Waals surface area contributed by atoms with Gasteiger partial charge in [0.15, 0.2) is 11.5 Å². The molecule has 0 spiro atoms. The molecule has 2 fully saturated rings. The largest absolute Gasteiger partial charge is 0.493 e. The van der Waals surface area contributed by atoms with Crippen molar-refractivity contribution >= 4 is 34.9 Å². The van der Waals surface area contributed by atoms with Crippen LogP contribution < -0.4 is 24.6 Å². The highest BCUT2D eigenvalue weighted by atomic mass is 35.5. The molecule has 1 saturated carbocycles. The van der Waals surface area contributed by atoms with E-state index < -0.39 is 0 Å².